The van der Waals surface area contributed by atoms with Gasteiger partial charge < -0.3 is 37.1 Å². The highest BCUT2D eigenvalue weighted by Crippen LogP contribution is 2.31. The Balaban J connectivity index is 1.11. The van der Waals surface area contributed by atoms with E-state index >= 15 is 0 Å². The molecule has 1 aliphatic carbocycles. The molecule has 7 N–H and O–H groups in total. The van der Waals surface area contributed by atoms with Crippen molar-refractivity contribution in [2.24, 2.45) is 17.6 Å². The first-order valence-corrected chi connectivity index (χ1v) is 18.8. The Kier molecular flexibility index (Phi) is 12.7. The van der Waals surface area contributed by atoms with E-state index in [0.29, 0.717) is 11.6 Å². The minimum atomic E-state index is -0.722. The van der Waals surface area contributed by atoms with E-state index in [-0.39, 0.29) is 41.8 Å². The van der Waals surface area contributed by atoms with Crippen molar-refractivity contribution in [3.05, 3.63) is 76.2 Å². The normalized spacial score (nSPS) is 19.5. The van der Waals surface area contributed by atoms with E-state index in [0.717, 1.165) is 61.3 Å². The molecular weight excluding hydrogens is 649 g/mol. The van der Waals surface area contributed by atoms with Crippen LogP contribution in [0.25, 0.3) is 10.4 Å². The minimum Gasteiger partial charge on any atom is -0.461 e. The quantitative estimate of drug-likeness (QED) is 0.117. The van der Waals surface area contributed by atoms with Crippen LogP contribution in [0.4, 0.5) is 5.69 Å². The lowest BCUT2D eigenvalue weighted by Crippen LogP contribution is -2.52. The number of aryl methyl sites for hydroxylation is 1. The molecule has 0 unspecified atom stereocenters. The molecule has 270 valence electrons. The molecule has 0 radical (unpaired) electrons. The number of benzene rings is 2. The molecule has 50 heavy (non-hydrogen) atoms. The Morgan fingerprint density at radius 1 is 0.940 bits per heavy atom. The monoisotopic (exact) mass is 702 g/mol. The lowest BCUT2D eigenvalue weighted by molar-refractivity contribution is -0.154. The Labute approximate surface area is 300 Å². The fraction of sp³-hybridized carbons (Fsp3) is 0.513. The number of nitrogens with two attached hydrogens (primary N) is 1. The first-order chi connectivity index (χ1) is 23.9. The summed E-state index contributed by atoms with van der Waals surface area (Å²) in [6.07, 6.45) is 2.25. The Hall–Kier alpha value is -3.77. The summed E-state index contributed by atoms with van der Waals surface area (Å²) in [5.74, 6) is -0.938. The summed E-state index contributed by atoms with van der Waals surface area (Å²) >= 11 is 1.75. The van der Waals surface area contributed by atoms with Gasteiger partial charge in [0.25, 0.3) is 5.91 Å². The third-order valence-electron chi connectivity index (χ3n) is 9.79. The maximum atomic E-state index is 13.3. The van der Waals surface area contributed by atoms with Crippen LogP contribution in [-0.2, 0) is 20.9 Å². The van der Waals surface area contributed by atoms with Gasteiger partial charge in [-0.2, -0.15) is 0 Å². The largest absolute Gasteiger partial charge is 0.461 e. The van der Waals surface area contributed by atoms with Gasteiger partial charge in [-0.25, -0.2) is 4.79 Å². The molecule has 2 heterocycles. The fourth-order valence-electron chi connectivity index (χ4n) is 6.29. The first kappa shape index (κ1) is 37.5. The number of esters is 1. The number of hydrogen-bond acceptors (Lipinski definition) is 9. The SMILES string of the molecule is Cc1ccc(NC2CNC2)cc1C(=O)N[C@H](C)c1cccc(-c2ccc(CN[C@H]3CC[C@@H](OC(=O)[C@@H](NC(=O)[C@@H](N)C(C)C)C(C)C)C3)s2)c1. The van der Waals surface area contributed by atoms with Gasteiger partial charge in [0.2, 0.25) is 5.91 Å². The highest BCUT2D eigenvalue weighted by atomic mass is 32.1. The van der Waals surface area contributed by atoms with Crippen molar-refractivity contribution >= 4 is 34.8 Å². The number of thiophene rings is 1. The van der Waals surface area contributed by atoms with E-state index in [1.807, 2.05) is 65.8 Å². The highest BCUT2D eigenvalue weighted by molar-refractivity contribution is 7.15. The number of carbonyl (C=O) groups excluding carboxylic acids is 3. The molecule has 11 heteroatoms. The molecule has 1 saturated heterocycles. The Bertz CT molecular complexity index is 1640. The second kappa shape index (κ2) is 17.0. The molecule has 2 aromatic carbocycles. The molecule has 0 bridgehead atoms. The summed E-state index contributed by atoms with van der Waals surface area (Å²) in [6.45, 7) is 14.1. The number of amides is 2. The van der Waals surface area contributed by atoms with Crippen molar-refractivity contribution in [3.63, 3.8) is 0 Å². The van der Waals surface area contributed by atoms with Crippen LogP contribution in [0.3, 0.4) is 0 Å². The summed E-state index contributed by atoms with van der Waals surface area (Å²) in [5.41, 5.74) is 10.7. The predicted molar refractivity (Wildman–Crippen MR) is 201 cm³/mol. The summed E-state index contributed by atoms with van der Waals surface area (Å²) in [5, 5.41) is 16.4. The summed E-state index contributed by atoms with van der Waals surface area (Å²) in [7, 11) is 0. The molecule has 5 rings (SSSR count). The van der Waals surface area contributed by atoms with Crippen LogP contribution in [0, 0.1) is 18.8 Å². The van der Waals surface area contributed by atoms with Gasteiger partial charge >= 0.3 is 5.97 Å². The van der Waals surface area contributed by atoms with Gasteiger partial charge in [-0.3, -0.25) is 9.59 Å². The number of ether oxygens (including phenoxy) is 1. The zero-order chi connectivity index (χ0) is 35.9. The Morgan fingerprint density at radius 3 is 2.42 bits per heavy atom. The van der Waals surface area contributed by atoms with Gasteiger partial charge in [0.05, 0.1) is 18.1 Å². The predicted octanol–water partition coefficient (Wildman–Crippen LogP) is 5.28. The molecule has 1 aliphatic heterocycles. The van der Waals surface area contributed by atoms with Crippen molar-refractivity contribution in [2.45, 2.75) is 104 Å². The molecule has 0 spiro atoms. The molecule has 2 amide bonds. The van der Waals surface area contributed by atoms with Crippen LogP contribution in [0.15, 0.2) is 54.6 Å². The number of anilines is 1. The van der Waals surface area contributed by atoms with Crippen molar-refractivity contribution in [2.75, 3.05) is 18.4 Å². The van der Waals surface area contributed by atoms with Crippen LogP contribution in [0.2, 0.25) is 0 Å². The van der Waals surface area contributed by atoms with Gasteiger partial charge in [0.1, 0.15) is 12.1 Å². The van der Waals surface area contributed by atoms with Crippen LogP contribution >= 0.6 is 11.3 Å². The number of hydrogen-bond donors (Lipinski definition) is 6. The van der Waals surface area contributed by atoms with E-state index in [1.54, 1.807) is 11.3 Å². The maximum absolute atomic E-state index is 13.3. The zero-order valence-corrected chi connectivity index (χ0v) is 31.0. The average Bonchev–Trinajstić information content (AvgIpc) is 3.73. The standard InChI is InChI=1S/C39H54N6O4S/c1-22(2)35(40)38(47)45-36(23(3)4)39(48)49-31-13-12-28(17-31)42-21-32-14-15-34(50-32)27-9-7-8-26(16-27)25(6)43-37(46)33-18-29(11-10-24(33)5)44-30-19-41-20-30/h7-11,14-16,18,22-23,25,28,30-31,35-36,41-42,44H,12-13,17,19-21,40H2,1-6H3,(H,43,46)(H,45,47)/t25-,28+,31-,35+,36+/m1/s1. The third-order valence-corrected chi connectivity index (χ3v) is 10.9. The van der Waals surface area contributed by atoms with Crippen LogP contribution < -0.4 is 32.3 Å². The average molecular weight is 703 g/mol. The van der Waals surface area contributed by atoms with Crippen molar-refractivity contribution in [3.8, 4) is 10.4 Å². The zero-order valence-electron chi connectivity index (χ0n) is 30.2. The van der Waals surface area contributed by atoms with Gasteiger partial charge in [0.15, 0.2) is 0 Å². The molecule has 5 atom stereocenters. The Morgan fingerprint density at radius 2 is 1.72 bits per heavy atom. The molecule has 2 fully saturated rings. The van der Waals surface area contributed by atoms with E-state index in [2.05, 4.69) is 56.9 Å². The van der Waals surface area contributed by atoms with Crippen LogP contribution in [0.5, 0.6) is 0 Å². The summed E-state index contributed by atoms with van der Waals surface area (Å²) < 4.78 is 5.87. The van der Waals surface area contributed by atoms with Gasteiger partial charge in [0, 0.05) is 46.7 Å². The van der Waals surface area contributed by atoms with Crippen LogP contribution in [-0.4, -0.2) is 61.1 Å². The van der Waals surface area contributed by atoms with Crippen LogP contribution in [0.1, 0.15) is 86.3 Å². The number of rotatable bonds is 15. The minimum absolute atomic E-state index is 0.0239. The summed E-state index contributed by atoms with van der Waals surface area (Å²) in [6, 6.07) is 17.7. The fourth-order valence-corrected chi connectivity index (χ4v) is 7.25. The lowest BCUT2D eigenvalue weighted by atomic mass is 10.0. The molecule has 10 nitrogen and oxygen atoms in total. The topological polar surface area (TPSA) is 147 Å². The second-order valence-corrected chi connectivity index (χ2v) is 15.7. The highest BCUT2D eigenvalue weighted by Gasteiger charge is 2.33. The molecule has 1 aromatic heterocycles. The molecule has 1 saturated carbocycles. The lowest BCUT2D eigenvalue weighted by Gasteiger charge is -2.29. The van der Waals surface area contributed by atoms with E-state index in [1.165, 1.54) is 9.75 Å². The van der Waals surface area contributed by atoms with Crippen molar-refractivity contribution in [1.82, 2.24) is 21.3 Å². The molecular formula is C39H54N6O4S. The third kappa shape index (κ3) is 9.72. The van der Waals surface area contributed by atoms with E-state index in [9.17, 15) is 14.4 Å². The van der Waals surface area contributed by atoms with Gasteiger partial charge in [-0.15, -0.1) is 11.3 Å². The molecule has 3 aromatic rings. The number of nitrogens with one attached hydrogen (secondary N) is 5. The van der Waals surface area contributed by atoms with E-state index in [4.69, 9.17) is 10.5 Å². The molecule has 2 aliphatic rings. The van der Waals surface area contributed by atoms with Gasteiger partial charge in [-0.05, 0) is 92.0 Å². The van der Waals surface area contributed by atoms with Crippen molar-refractivity contribution in [1.29, 1.82) is 0 Å². The van der Waals surface area contributed by atoms with E-state index < -0.39 is 18.1 Å². The van der Waals surface area contributed by atoms with Crippen molar-refractivity contribution < 1.29 is 19.1 Å². The first-order valence-electron chi connectivity index (χ1n) is 18.0. The van der Waals surface area contributed by atoms with Gasteiger partial charge in [-0.1, -0.05) is 52.0 Å². The smallest absolute Gasteiger partial charge is 0.329 e. The summed E-state index contributed by atoms with van der Waals surface area (Å²) in [4.78, 5) is 41.3. The maximum Gasteiger partial charge on any atom is 0.329 e. The second-order valence-electron chi connectivity index (χ2n) is 14.6. The number of carbonyl (C=O) groups is 3.